The largest absolute Gasteiger partial charge is 0.507 e. The molecule has 84 valence electrons. The second kappa shape index (κ2) is 4.00. The quantitative estimate of drug-likeness (QED) is 0.825. The molecule has 2 aromatic rings. The Morgan fingerprint density at radius 1 is 1.31 bits per heavy atom. The molecule has 0 aliphatic heterocycles. The van der Waals surface area contributed by atoms with E-state index in [-0.39, 0.29) is 11.3 Å². The van der Waals surface area contributed by atoms with Gasteiger partial charge >= 0.3 is 0 Å². The van der Waals surface area contributed by atoms with Crippen LogP contribution in [0.25, 0.3) is 10.9 Å². The minimum absolute atomic E-state index is 0.0891. The van der Waals surface area contributed by atoms with Crippen LogP contribution in [-0.4, -0.2) is 10.1 Å². The summed E-state index contributed by atoms with van der Waals surface area (Å²) in [5.74, 6) is -0.0891. The van der Waals surface area contributed by atoms with Crippen molar-refractivity contribution in [2.45, 2.75) is 13.3 Å². The molecule has 2 rings (SSSR count). The highest BCUT2D eigenvalue weighted by molar-refractivity contribution is 6.40. The van der Waals surface area contributed by atoms with E-state index in [1.54, 1.807) is 19.1 Å². The van der Waals surface area contributed by atoms with Crippen LogP contribution < -0.4 is 5.56 Å². The van der Waals surface area contributed by atoms with Crippen molar-refractivity contribution < 1.29 is 5.11 Å². The number of H-pyrrole nitrogens is 1. The number of pyridine rings is 1. The zero-order valence-electron chi connectivity index (χ0n) is 8.47. The fourth-order valence-corrected chi connectivity index (χ4v) is 2.13. The Morgan fingerprint density at radius 3 is 2.56 bits per heavy atom. The molecule has 0 bridgehead atoms. The third kappa shape index (κ3) is 1.56. The van der Waals surface area contributed by atoms with Crippen molar-refractivity contribution >= 4 is 34.1 Å². The lowest BCUT2D eigenvalue weighted by Gasteiger charge is -2.08. The summed E-state index contributed by atoms with van der Waals surface area (Å²) in [5, 5.41) is 11.1. The lowest BCUT2D eigenvalue weighted by Crippen LogP contribution is -2.12. The van der Waals surface area contributed by atoms with E-state index in [9.17, 15) is 9.90 Å². The first kappa shape index (κ1) is 11.3. The summed E-state index contributed by atoms with van der Waals surface area (Å²) < 4.78 is 0. The van der Waals surface area contributed by atoms with Gasteiger partial charge in [-0.05, 0) is 18.6 Å². The highest BCUT2D eigenvalue weighted by Gasteiger charge is 2.14. The lowest BCUT2D eigenvalue weighted by molar-refractivity contribution is 0.473. The van der Waals surface area contributed by atoms with Gasteiger partial charge in [0.05, 0.1) is 26.5 Å². The third-order valence-electron chi connectivity index (χ3n) is 2.49. The Kier molecular flexibility index (Phi) is 2.82. The molecule has 0 atom stereocenters. The molecular weight excluding hydrogens is 249 g/mol. The summed E-state index contributed by atoms with van der Waals surface area (Å²) in [5.41, 5.74) is 0.349. The van der Waals surface area contributed by atoms with Crippen molar-refractivity contribution in [3.63, 3.8) is 0 Å². The predicted octanol–water partition coefficient (Wildman–Crippen LogP) is 3.10. The standard InChI is InChI=1S/C11H9Cl2NO2/c1-2-5-10(15)8-6(12)3-4-7(13)9(8)14-11(5)16/h3-4H,2H2,1H3,(H2,14,15,16). The Labute approximate surface area is 102 Å². The van der Waals surface area contributed by atoms with Crippen LogP contribution in [0, 0.1) is 0 Å². The number of aromatic amines is 1. The lowest BCUT2D eigenvalue weighted by atomic mass is 10.1. The van der Waals surface area contributed by atoms with Gasteiger partial charge in [0.25, 0.3) is 5.56 Å². The van der Waals surface area contributed by atoms with Crippen molar-refractivity contribution in [3.8, 4) is 5.75 Å². The van der Waals surface area contributed by atoms with Crippen molar-refractivity contribution in [2.75, 3.05) is 0 Å². The van der Waals surface area contributed by atoms with Gasteiger partial charge in [0, 0.05) is 0 Å². The predicted molar refractivity (Wildman–Crippen MR) is 65.6 cm³/mol. The Hall–Kier alpha value is -1.19. The zero-order chi connectivity index (χ0) is 11.9. The van der Waals surface area contributed by atoms with Crippen molar-refractivity contribution in [1.82, 2.24) is 4.98 Å². The maximum atomic E-state index is 11.6. The number of nitrogens with one attached hydrogen (secondary N) is 1. The van der Waals surface area contributed by atoms with Crippen molar-refractivity contribution in [2.24, 2.45) is 0 Å². The van der Waals surface area contributed by atoms with Crippen molar-refractivity contribution in [3.05, 3.63) is 38.1 Å². The van der Waals surface area contributed by atoms with Gasteiger partial charge in [-0.1, -0.05) is 30.1 Å². The van der Waals surface area contributed by atoms with Crippen LogP contribution in [0.5, 0.6) is 5.75 Å². The van der Waals surface area contributed by atoms with Gasteiger partial charge in [0.15, 0.2) is 0 Å². The summed E-state index contributed by atoms with van der Waals surface area (Å²) in [6, 6.07) is 3.16. The second-order valence-corrected chi connectivity index (χ2v) is 4.23. The van der Waals surface area contributed by atoms with E-state index in [4.69, 9.17) is 23.2 Å². The van der Waals surface area contributed by atoms with E-state index in [1.165, 1.54) is 0 Å². The van der Waals surface area contributed by atoms with E-state index in [2.05, 4.69) is 4.98 Å². The summed E-state index contributed by atoms with van der Waals surface area (Å²) in [7, 11) is 0. The first-order valence-electron chi connectivity index (χ1n) is 4.78. The summed E-state index contributed by atoms with van der Waals surface area (Å²) in [6.45, 7) is 1.79. The van der Waals surface area contributed by atoms with Gasteiger partial charge in [-0.25, -0.2) is 0 Å². The number of aromatic hydroxyl groups is 1. The molecule has 0 radical (unpaired) electrons. The Bertz CT molecular complexity index is 619. The molecule has 0 aliphatic rings. The van der Waals surface area contributed by atoms with Crippen LogP contribution in [0.2, 0.25) is 10.0 Å². The average Bonchev–Trinajstić information content (AvgIpc) is 2.24. The molecule has 3 nitrogen and oxygen atoms in total. The van der Waals surface area contributed by atoms with E-state index < -0.39 is 0 Å². The normalized spacial score (nSPS) is 10.9. The second-order valence-electron chi connectivity index (χ2n) is 3.41. The molecule has 0 amide bonds. The molecular formula is C11H9Cl2NO2. The monoisotopic (exact) mass is 257 g/mol. The van der Waals surface area contributed by atoms with Gasteiger partial charge < -0.3 is 10.1 Å². The highest BCUT2D eigenvalue weighted by atomic mass is 35.5. The number of hydrogen-bond acceptors (Lipinski definition) is 2. The van der Waals surface area contributed by atoms with Gasteiger partial charge in [0.1, 0.15) is 5.75 Å². The smallest absolute Gasteiger partial charge is 0.255 e. The molecule has 2 N–H and O–H groups in total. The molecule has 0 spiro atoms. The van der Waals surface area contributed by atoms with Crippen LogP contribution in [0.15, 0.2) is 16.9 Å². The van der Waals surface area contributed by atoms with Gasteiger partial charge in [0.2, 0.25) is 0 Å². The third-order valence-corrected chi connectivity index (χ3v) is 3.12. The van der Waals surface area contributed by atoms with Crippen LogP contribution in [0.3, 0.4) is 0 Å². The highest BCUT2D eigenvalue weighted by Crippen LogP contribution is 2.35. The van der Waals surface area contributed by atoms with E-state index in [0.717, 1.165) is 0 Å². The maximum absolute atomic E-state index is 11.6. The molecule has 5 heteroatoms. The number of fused-ring (bicyclic) bond motifs is 1. The molecule has 1 heterocycles. The number of rotatable bonds is 1. The molecule has 0 saturated heterocycles. The number of hydrogen-bond donors (Lipinski definition) is 2. The summed E-state index contributed by atoms with van der Waals surface area (Å²) in [6.07, 6.45) is 0.431. The van der Waals surface area contributed by atoms with Gasteiger partial charge in [-0.15, -0.1) is 0 Å². The molecule has 0 saturated carbocycles. The van der Waals surface area contributed by atoms with Crippen LogP contribution in [0.4, 0.5) is 0 Å². The average molecular weight is 258 g/mol. The maximum Gasteiger partial charge on any atom is 0.255 e. The Morgan fingerprint density at radius 2 is 1.94 bits per heavy atom. The molecule has 1 aromatic carbocycles. The van der Waals surface area contributed by atoms with Gasteiger partial charge in [-0.3, -0.25) is 4.79 Å². The van der Waals surface area contributed by atoms with E-state index >= 15 is 0 Å². The molecule has 0 aliphatic carbocycles. The zero-order valence-corrected chi connectivity index (χ0v) is 9.99. The van der Waals surface area contributed by atoms with E-state index in [1.807, 2.05) is 0 Å². The summed E-state index contributed by atoms with van der Waals surface area (Å²) in [4.78, 5) is 14.3. The molecule has 1 aromatic heterocycles. The fraction of sp³-hybridized carbons (Fsp3) is 0.182. The fourth-order valence-electron chi connectivity index (χ4n) is 1.68. The van der Waals surface area contributed by atoms with E-state index in [0.29, 0.717) is 32.9 Å². The molecule has 0 fully saturated rings. The Balaban J connectivity index is 3.04. The summed E-state index contributed by atoms with van der Waals surface area (Å²) >= 11 is 11.9. The minimum Gasteiger partial charge on any atom is -0.507 e. The topological polar surface area (TPSA) is 53.1 Å². The first-order valence-corrected chi connectivity index (χ1v) is 5.53. The van der Waals surface area contributed by atoms with Gasteiger partial charge in [-0.2, -0.15) is 0 Å². The minimum atomic E-state index is -0.336. The number of halogens is 2. The first-order chi connectivity index (χ1) is 7.56. The van der Waals surface area contributed by atoms with Crippen molar-refractivity contribution in [1.29, 1.82) is 0 Å². The SMILES string of the molecule is CCc1c(O)c2c(Cl)ccc(Cl)c2[nH]c1=O. The van der Waals surface area contributed by atoms with Crippen LogP contribution in [0.1, 0.15) is 12.5 Å². The number of benzene rings is 1. The molecule has 16 heavy (non-hydrogen) atoms. The number of aromatic nitrogens is 1. The van der Waals surface area contributed by atoms with Crippen LogP contribution in [-0.2, 0) is 6.42 Å². The molecule has 0 unspecified atom stereocenters. The van der Waals surface area contributed by atoms with Crippen LogP contribution >= 0.6 is 23.2 Å².